The number of nitrogens with one attached hydrogen (secondary N) is 1. The Balaban J connectivity index is 2.06. The van der Waals surface area contributed by atoms with E-state index in [1.54, 1.807) is 0 Å². The number of carboxylic acid groups (broad SMARTS) is 1. The Hall–Kier alpha value is -2.53. The predicted molar refractivity (Wildman–Crippen MR) is 106 cm³/mol. The summed E-state index contributed by atoms with van der Waals surface area (Å²) < 4.78 is 11.7. The van der Waals surface area contributed by atoms with Gasteiger partial charge in [-0.1, -0.05) is 49.7 Å². The molecule has 2 rings (SSSR count). The molecule has 0 aliphatic rings. The van der Waals surface area contributed by atoms with Crippen LogP contribution < -0.4 is 14.8 Å². The zero-order valence-electron chi connectivity index (χ0n) is 16.5. The summed E-state index contributed by atoms with van der Waals surface area (Å²) in [4.78, 5) is 11.3. The smallest absolute Gasteiger partial charge is 0.320 e. The van der Waals surface area contributed by atoms with Gasteiger partial charge in [-0.05, 0) is 43.0 Å². The Kier molecular flexibility index (Phi) is 7.67. The zero-order chi connectivity index (χ0) is 19.8. The molecule has 0 aromatic heterocycles. The highest BCUT2D eigenvalue weighted by Gasteiger charge is 2.20. The molecular formula is C22H29NO4. The third-order valence-electron chi connectivity index (χ3n) is 4.28. The molecule has 0 fully saturated rings. The second-order valence-corrected chi connectivity index (χ2v) is 6.93. The van der Waals surface area contributed by atoms with E-state index in [0.717, 1.165) is 11.1 Å². The molecule has 0 saturated carbocycles. The molecule has 146 valence electrons. The average molecular weight is 371 g/mol. The Bertz CT molecular complexity index is 740. The molecule has 5 heteroatoms. The number of aryl methyl sites for hydroxylation is 1. The lowest BCUT2D eigenvalue weighted by Gasteiger charge is -2.19. The van der Waals surface area contributed by atoms with Crippen LogP contribution in [-0.4, -0.2) is 23.7 Å². The molecule has 0 bridgehead atoms. The van der Waals surface area contributed by atoms with Crippen molar-refractivity contribution in [1.29, 1.82) is 0 Å². The van der Waals surface area contributed by atoms with Gasteiger partial charge in [0.1, 0.15) is 12.6 Å². The van der Waals surface area contributed by atoms with Crippen molar-refractivity contribution in [3.8, 4) is 11.5 Å². The third-order valence-corrected chi connectivity index (χ3v) is 4.28. The molecule has 0 aliphatic carbocycles. The van der Waals surface area contributed by atoms with Crippen LogP contribution in [0.25, 0.3) is 0 Å². The standard InChI is InChI=1S/C22H29NO4/c1-5-26-20-12-18(13-23-21(15(2)3)22(24)25)10-11-19(20)27-14-17-8-6-16(4)7-9-17/h6-12,15,21,23H,5,13-14H2,1-4H3,(H,24,25). The fourth-order valence-corrected chi connectivity index (χ4v) is 2.73. The van der Waals surface area contributed by atoms with Gasteiger partial charge < -0.3 is 19.9 Å². The molecule has 2 N–H and O–H groups in total. The molecule has 5 nitrogen and oxygen atoms in total. The molecule has 0 heterocycles. The molecule has 2 aromatic rings. The highest BCUT2D eigenvalue weighted by atomic mass is 16.5. The third kappa shape index (κ3) is 6.29. The lowest BCUT2D eigenvalue weighted by Crippen LogP contribution is -2.40. The van der Waals surface area contributed by atoms with Gasteiger partial charge in [0.15, 0.2) is 11.5 Å². The fourth-order valence-electron chi connectivity index (χ4n) is 2.73. The summed E-state index contributed by atoms with van der Waals surface area (Å²) >= 11 is 0. The first kappa shape index (κ1) is 20.8. The summed E-state index contributed by atoms with van der Waals surface area (Å²) in [5, 5.41) is 12.4. The average Bonchev–Trinajstić information content (AvgIpc) is 2.62. The maximum atomic E-state index is 11.3. The van der Waals surface area contributed by atoms with Gasteiger partial charge in [0.2, 0.25) is 0 Å². The molecule has 0 saturated heterocycles. The molecule has 1 unspecified atom stereocenters. The Labute approximate surface area is 161 Å². The van der Waals surface area contributed by atoms with E-state index in [4.69, 9.17) is 9.47 Å². The van der Waals surface area contributed by atoms with Gasteiger partial charge in [-0.3, -0.25) is 4.79 Å². The molecule has 1 atom stereocenters. The first-order valence-corrected chi connectivity index (χ1v) is 9.31. The van der Waals surface area contributed by atoms with Crippen molar-refractivity contribution in [2.45, 2.75) is 46.9 Å². The minimum absolute atomic E-state index is 0.00554. The van der Waals surface area contributed by atoms with Gasteiger partial charge in [0, 0.05) is 6.54 Å². The number of carbonyl (C=O) groups is 1. The number of aliphatic carboxylic acids is 1. The van der Waals surface area contributed by atoms with E-state index in [1.807, 2.05) is 51.1 Å². The van der Waals surface area contributed by atoms with Crippen molar-refractivity contribution in [1.82, 2.24) is 5.32 Å². The highest BCUT2D eigenvalue weighted by molar-refractivity contribution is 5.73. The molecular weight excluding hydrogens is 342 g/mol. The van der Waals surface area contributed by atoms with Crippen LogP contribution in [0, 0.1) is 12.8 Å². The zero-order valence-corrected chi connectivity index (χ0v) is 16.5. The normalized spacial score (nSPS) is 12.0. The van der Waals surface area contributed by atoms with Gasteiger partial charge in [-0.25, -0.2) is 0 Å². The maximum Gasteiger partial charge on any atom is 0.320 e. The van der Waals surface area contributed by atoms with E-state index in [9.17, 15) is 9.90 Å². The quantitative estimate of drug-likeness (QED) is 0.656. The number of benzene rings is 2. The van der Waals surface area contributed by atoms with Crippen molar-refractivity contribution < 1.29 is 19.4 Å². The Morgan fingerprint density at radius 2 is 1.70 bits per heavy atom. The van der Waals surface area contributed by atoms with Crippen LogP contribution in [0.3, 0.4) is 0 Å². The molecule has 0 amide bonds. The van der Waals surface area contributed by atoms with Crippen molar-refractivity contribution >= 4 is 5.97 Å². The number of rotatable bonds is 10. The van der Waals surface area contributed by atoms with Crippen LogP contribution in [-0.2, 0) is 17.9 Å². The van der Waals surface area contributed by atoms with Crippen LogP contribution in [0.15, 0.2) is 42.5 Å². The Morgan fingerprint density at radius 3 is 2.30 bits per heavy atom. The minimum Gasteiger partial charge on any atom is -0.490 e. The highest BCUT2D eigenvalue weighted by Crippen LogP contribution is 2.29. The Morgan fingerprint density at radius 1 is 1.04 bits per heavy atom. The van der Waals surface area contributed by atoms with E-state index in [2.05, 4.69) is 24.4 Å². The van der Waals surface area contributed by atoms with Crippen LogP contribution in [0.1, 0.15) is 37.5 Å². The van der Waals surface area contributed by atoms with Gasteiger partial charge in [-0.15, -0.1) is 0 Å². The number of hydrogen-bond donors (Lipinski definition) is 2. The van der Waals surface area contributed by atoms with Crippen LogP contribution in [0.2, 0.25) is 0 Å². The molecule has 27 heavy (non-hydrogen) atoms. The second-order valence-electron chi connectivity index (χ2n) is 6.93. The SMILES string of the molecule is CCOc1cc(CNC(C(=O)O)C(C)C)ccc1OCc1ccc(C)cc1. The van der Waals surface area contributed by atoms with E-state index >= 15 is 0 Å². The molecule has 2 aromatic carbocycles. The molecule has 0 radical (unpaired) electrons. The van der Waals surface area contributed by atoms with E-state index in [-0.39, 0.29) is 5.92 Å². The summed E-state index contributed by atoms with van der Waals surface area (Å²) in [6, 6.07) is 13.3. The predicted octanol–water partition coefficient (Wildman–Crippen LogP) is 4.17. The number of ether oxygens (including phenoxy) is 2. The van der Waals surface area contributed by atoms with Crippen molar-refractivity contribution in [2.24, 2.45) is 5.92 Å². The maximum absolute atomic E-state index is 11.3. The van der Waals surface area contributed by atoms with Crippen LogP contribution in [0.5, 0.6) is 11.5 Å². The van der Waals surface area contributed by atoms with Gasteiger partial charge in [0.05, 0.1) is 6.61 Å². The monoisotopic (exact) mass is 371 g/mol. The first-order chi connectivity index (χ1) is 12.9. The lowest BCUT2D eigenvalue weighted by atomic mass is 10.0. The molecule has 0 spiro atoms. The topological polar surface area (TPSA) is 67.8 Å². The van der Waals surface area contributed by atoms with E-state index in [0.29, 0.717) is 31.3 Å². The number of hydrogen-bond acceptors (Lipinski definition) is 4. The van der Waals surface area contributed by atoms with Gasteiger partial charge >= 0.3 is 5.97 Å². The first-order valence-electron chi connectivity index (χ1n) is 9.31. The van der Waals surface area contributed by atoms with Crippen LogP contribution in [0.4, 0.5) is 0 Å². The van der Waals surface area contributed by atoms with Crippen molar-refractivity contribution in [3.05, 3.63) is 59.2 Å². The largest absolute Gasteiger partial charge is 0.490 e. The van der Waals surface area contributed by atoms with Crippen molar-refractivity contribution in [2.75, 3.05) is 6.61 Å². The van der Waals surface area contributed by atoms with Gasteiger partial charge in [0.25, 0.3) is 0 Å². The summed E-state index contributed by atoms with van der Waals surface area (Å²) in [5.41, 5.74) is 3.26. The summed E-state index contributed by atoms with van der Waals surface area (Å²) in [6.07, 6.45) is 0. The van der Waals surface area contributed by atoms with E-state index in [1.165, 1.54) is 5.56 Å². The lowest BCUT2D eigenvalue weighted by molar-refractivity contribution is -0.140. The second kappa shape index (κ2) is 9.97. The van der Waals surface area contributed by atoms with Gasteiger partial charge in [-0.2, -0.15) is 0 Å². The van der Waals surface area contributed by atoms with Crippen molar-refractivity contribution in [3.63, 3.8) is 0 Å². The number of carboxylic acids is 1. The van der Waals surface area contributed by atoms with Crippen LogP contribution >= 0.6 is 0 Å². The summed E-state index contributed by atoms with van der Waals surface area (Å²) in [5.74, 6) is 0.513. The fraction of sp³-hybridized carbons (Fsp3) is 0.409. The molecule has 0 aliphatic heterocycles. The summed E-state index contributed by atoms with van der Waals surface area (Å²) in [7, 11) is 0. The summed E-state index contributed by atoms with van der Waals surface area (Å²) in [6.45, 7) is 9.20. The van der Waals surface area contributed by atoms with E-state index < -0.39 is 12.0 Å². The minimum atomic E-state index is -0.840.